The third-order valence-corrected chi connectivity index (χ3v) is 7.52. The second kappa shape index (κ2) is 9.91. The van der Waals surface area contributed by atoms with Gasteiger partial charge in [-0.1, -0.05) is 6.92 Å². The van der Waals surface area contributed by atoms with Gasteiger partial charge in [0.05, 0.1) is 32.6 Å². The summed E-state index contributed by atoms with van der Waals surface area (Å²) in [6.45, 7) is 8.67. The van der Waals surface area contributed by atoms with Crippen LogP contribution in [0.1, 0.15) is 25.8 Å². The lowest BCUT2D eigenvalue weighted by Crippen LogP contribution is -2.37. The molecule has 188 valence electrons. The van der Waals surface area contributed by atoms with Gasteiger partial charge in [-0.3, -0.25) is 4.68 Å². The Morgan fingerprint density at radius 1 is 1.00 bits per heavy atom. The van der Waals surface area contributed by atoms with Gasteiger partial charge in [0.15, 0.2) is 11.6 Å². The van der Waals surface area contributed by atoms with Crippen molar-refractivity contribution >= 4 is 16.9 Å². The molecule has 6 rings (SSSR count). The highest BCUT2D eigenvalue weighted by Gasteiger charge is 2.21. The number of piperidine rings is 1. The highest BCUT2D eigenvalue weighted by atomic mass is 16.5. The average molecular weight is 488 g/mol. The number of H-pyrrole nitrogens is 1. The van der Waals surface area contributed by atoms with Crippen molar-refractivity contribution in [1.29, 1.82) is 0 Å². The normalized spacial score (nSPS) is 17.7. The van der Waals surface area contributed by atoms with Crippen LogP contribution < -0.4 is 9.64 Å². The minimum atomic E-state index is 0.462. The second-order valence-corrected chi connectivity index (χ2v) is 9.55. The Morgan fingerprint density at radius 2 is 1.78 bits per heavy atom. The topological polar surface area (TPSA) is 84.3 Å². The van der Waals surface area contributed by atoms with E-state index in [1.165, 1.54) is 0 Å². The minimum absolute atomic E-state index is 0.462. The molecule has 6 heterocycles. The van der Waals surface area contributed by atoms with Gasteiger partial charge in [-0.15, -0.1) is 0 Å². The van der Waals surface area contributed by atoms with Crippen molar-refractivity contribution in [3.8, 4) is 28.0 Å². The maximum absolute atomic E-state index is 5.71. The molecule has 2 saturated heterocycles. The number of aromatic nitrogens is 5. The molecule has 9 heteroatoms. The number of ether oxygens (including phenoxy) is 2. The zero-order valence-electron chi connectivity index (χ0n) is 21.0. The Hall–Kier alpha value is -3.43. The van der Waals surface area contributed by atoms with Crippen LogP contribution in [0.3, 0.4) is 0 Å². The SMILES string of the molecule is CCN1CCC(n2cc(-c3c[nH]c4ncc(-c5cnc(N6CCOCC6)c(OC)c5)cc34)cn2)CC1. The molecule has 0 amide bonds. The van der Waals surface area contributed by atoms with E-state index < -0.39 is 0 Å². The van der Waals surface area contributed by atoms with Crippen LogP contribution in [-0.4, -0.2) is 82.7 Å². The van der Waals surface area contributed by atoms with Crippen LogP contribution in [0, 0.1) is 0 Å². The first kappa shape index (κ1) is 23.0. The molecule has 9 nitrogen and oxygen atoms in total. The Labute approximate surface area is 211 Å². The third kappa shape index (κ3) is 4.33. The zero-order chi connectivity index (χ0) is 24.5. The number of aromatic amines is 1. The molecule has 0 aliphatic carbocycles. The summed E-state index contributed by atoms with van der Waals surface area (Å²) in [5, 5.41) is 5.81. The Balaban J connectivity index is 1.28. The lowest BCUT2D eigenvalue weighted by atomic mass is 10.0. The number of nitrogens with one attached hydrogen (secondary N) is 1. The summed E-state index contributed by atoms with van der Waals surface area (Å²) in [5.41, 5.74) is 5.06. The van der Waals surface area contributed by atoms with Gasteiger partial charge < -0.3 is 24.3 Å². The van der Waals surface area contributed by atoms with Gasteiger partial charge in [0.25, 0.3) is 0 Å². The van der Waals surface area contributed by atoms with Crippen LogP contribution in [-0.2, 0) is 4.74 Å². The molecule has 0 saturated carbocycles. The number of anilines is 1. The average Bonchev–Trinajstić information content (AvgIpc) is 3.60. The van der Waals surface area contributed by atoms with Crippen LogP contribution in [0.15, 0.2) is 43.1 Å². The van der Waals surface area contributed by atoms with Crippen molar-refractivity contribution in [1.82, 2.24) is 29.6 Å². The van der Waals surface area contributed by atoms with E-state index in [0.717, 1.165) is 90.4 Å². The highest BCUT2D eigenvalue weighted by molar-refractivity contribution is 5.95. The number of morpholine rings is 1. The summed E-state index contributed by atoms with van der Waals surface area (Å²) in [7, 11) is 1.69. The van der Waals surface area contributed by atoms with E-state index >= 15 is 0 Å². The number of rotatable bonds is 6. The van der Waals surface area contributed by atoms with Crippen molar-refractivity contribution in [2.24, 2.45) is 0 Å². The molecule has 0 spiro atoms. The molecule has 36 heavy (non-hydrogen) atoms. The van der Waals surface area contributed by atoms with Crippen LogP contribution in [0.5, 0.6) is 5.75 Å². The Bertz CT molecular complexity index is 1330. The number of nitrogens with zero attached hydrogens (tertiary/aromatic N) is 6. The van der Waals surface area contributed by atoms with Crippen molar-refractivity contribution in [3.05, 3.63) is 43.1 Å². The lowest BCUT2D eigenvalue weighted by molar-refractivity contribution is 0.122. The van der Waals surface area contributed by atoms with Crippen molar-refractivity contribution in [2.45, 2.75) is 25.8 Å². The van der Waals surface area contributed by atoms with Gasteiger partial charge in [-0.25, -0.2) is 9.97 Å². The Morgan fingerprint density at radius 3 is 2.56 bits per heavy atom. The summed E-state index contributed by atoms with van der Waals surface area (Å²) in [6, 6.07) is 4.69. The second-order valence-electron chi connectivity index (χ2n) is 9.55. The van der Waals surface area contributed by atoms with E-state index in [1.807, 2.05) is 30.9 Å². The smallest absolute Gasteiger partial charge is 0.171 e. The van der Waals surface area contributed by atoms with Gasteiger partial charge in [-0.2, -0.15) is 5.10 Å². The first-order chi connectivity index (χ1) is 17.7. The fourth-order valence-electron chi connectivity index (χ4n) is 5.34. The first-order valence-electron chi connectivity index (χ1n) is 12.8. The van der Waals surface area contributed by atoms with Crippen LogP contribution in [0.4, 0.5) is 5.82 Å². The molecule has 2 aliphatic rings. The van der Waals surface area contributed by atoms with Gasteiger partial charge >= 0.3 is 0 Å². The van der Waals surface area contributed by atoms with Crippen LogP contribution in [0.25, 0.3) is 33.3 Å². The molecule has 0 radical (unpaired) electrons. The van der Waals surface area contributed by atoms with Gasteiger partial charge in [0.1, 0.15) is 5.65 Å². The standard InChI is InChI=1S/C27H33N7O2/c1-3-32-6-4-22(5-7-32)34-18-21(16-31-34)24-17-29-26-23(24)12-19(14-28-26)20-13-25(35-2)27(30-15-20)33-8-10-36-11-9-33/h12-18,22H,3-11H2,1-2H3,(H,28,29). The van der Waals surface area contributed by atoms with E-state index in [9.17, 15) is 0 Å². The highest BCUT2D eigenvalue weighted by Crippen LogP contribution is 2.35. The quantitative estimate of drug-likeness (QED) is 0.440. The largest absolute Gasteiger partial charge is 0.493 e. The van der Waals surface area contributed by atoms with Gasteiger partial charge in [0.2, 0.25) is 0 Å². The van der Waals surface area contributed by atoms with E-state index in [2.05, 4.69) is 38.7 Å². The Kier molecular flexibility index (Phi) is 6.33. The minimum Gasteiger partial charge on any atom is -0.493 e. The number of pyridine rings is 2. The number of fused-ring (bicyclic) bond motifs is 1. The fraction of sp³-hybridized carbons (Fsp3) is 0.444. The summed E-state index contributed by atoms with van der Waals surface area (Å²) in [6.07, 6.45) is 12.3. The van der Waals surface area contributed by atoms with Crippen LogP contribution in [0.2, 0.25) is 0 Å². The number of likely N-dealkylation sites (tertiary alicyclic amines) is 1. The molecule has 0 aromatic carbocycles. The van der Waals surface area contributed by atoms with E-state index in [4.69, 9.17) is 24.5 Å². The summed E-state index contributed by atoms with van der Waals surface area (Å²) >= 11 is 0. The van der Waals surface area contributed by atoms with Crippen molar-refractivity contribution < 1.29 is 9.47 Å². The summed E-state index contributed by atoms with van der Waals surface area (Å²) in [4.78, 5) is 17.5. The van der Waals surface area contributed by atoms with Crippen LogP contribution >= 0.6 is 0 Å². The molecule has 2 aliphatic heterocycles. The number of hydrogen-bond donors (Lipinski definition) is 1. The molecular formula is C27H33N7O2. The van der Waals surface area contributed by atoms with Gasteiger partial charge in [0, 0.05) is 78.6 Å². The monoisotopic (exact) mass is 487 g/mol. The number of hydrogen-bond acceptors (Lipinski definition) is 7. The van der Waals surface area contributed by atoms with E-state index in [-0.39, 0.29) is 0 Å². The maximum Gasteiger partial charge on any atom is 0.171 e. The molecule has 4 aromatic heterocycles. The van der Waals surface area contributed by atoms with E-state index in [0.29, 0.717) is 19.3 Å². The third-order valence-electron chi connectivity index (χ3n) is 7.52. The number of methoxy groups -OCH3 is 1. The molecular weight excluding hydrogens is 454 g/mol. The van der Waals surface area contributed by atoms with Crippen molar-refractivity contribution in [2.75, 3.05) is 57.9 Å². The molecule has 0 unspecified atom stereocenters. The first-order valence-corrected chi connectivity index (χ1v) is 12.8. The molecule has 0 atom stereocenters. The van der Waals surface area contributed by atoms with Crippen molar-refractivity contribution in [3.63, 3.8) is 0 Å². The maximum atomic E-state index is 5.71. The predicted molar refractivity (Wildman–Crippen MR) is 141 cm³/mol. The molecule has 2 fully saturated rings. The van der Waals surface area contributed by atoms with E-state index in [1.54, 1.807) is 7.11 Å². The fourth-order valence-corrected chi connectivity index (χ4v) is 5.34. The van der Waals surface area contributed by atoms with Gasteiger partial charge in [-0.05, 0) is 31.5 Å². The summed E-state index contributed by atoms with van der Waals surface area (Å²) < 4.78 is 13.3. The molecule has 1 N–H and O–H groups in total. The molecule has 4 aromatic rings. The zero-order valence-corrected chi connectivity index (χ0v) is 21.0. The summed E-state index contributed by atoms with van der Waals surface area (Å²) in [5.74, 6) is 1.62. The predicted octanol–water partition coefficient (Wildman–Crippen LogP) is 3.99. The lowest BCUT2D eigenvalue weighted by Gasteiger charge is -2.31. The molecule has 0 bridgehead atoms.